The third-order valence-corrected chi connectivity index (χ3v) is 10.2. The number of imide groups is 4. The summed E-state index contributed by atoms with van der Waals surface area (Å²) in [7, 11) is 0. The predicted molar refractivity (Wildman–Crippen MR) is 217 cm³/mol. The summed E-state index contributed by atoms with van der Waals surface area (Å²) in [4.78, 5) is 87.4. The van der Waals surface area contributed by atoms with Gasteiger partial charge in [-0.25, -0.2) is 29.2 Å². The van der Waals surface area contributed by atoms with Gasteiger partial charge in [0.1, 0.15) is 11.8 Å². The van der Waals surface area contributed by atoms with Crippen LogP contribution < -0.4 is 19.6 Å². The Kier molecular flexibility index (Phi) is 10.1. The predicted octanol–water partition coefficient (Wildman–Crippen LogP) is 7.99. The van der Waals surface area contributed by atoms with Crippen LogP contribution in [0.1, 0.15) is 22.3 Å². The van der Waals surface area contributed by atoms with Crippen LogP contribution in [-0.4, -0.2) is 35.7 Å². The lowest BCUT2D eigenvalue weighted by Crippen LogP contribution is -2.61. The number of urea groups is 2. The lowest BCUT2D eigenvalue weighted by molar-refractivity contribution is -0.134. The van der Waals surface area contributed by atoms with Crippen molar-refractivity contribution in [2.75, 3.05) is 19.6 Å². The van der Waals surface area contributed by atoms with Gasteiger partial charge in [-0.1, -0.05) is 121 Å². The minimum Gasteiger partial charge on any atom is -0.273 e. The van der Waals surface area contributed by atoms with E-state index >= 15 is 0 Å². The third kappa shape index (κ3) is 7.24. The van der Waals surface area contributed by atoms with E-state index in [0.29, 0.717) is 29.2 Å². The first-order chi connectivity index (χ1) is 27.8. The number of benzene rings is 6. The molecule has 0 aliphatic carbocycles. The SMILES string of the molecule is O=C1C(Cc2ccccc2)C(=O)N(c2ccc(Cc3ccc(N4C(=O)C(Cc5ccccc5)C(=O)N(c5ccccc5)C4=O)cc3)cc2)C(=O)N1c1ccccc1. The topological polar surface area (TPSA) is 115 Å². The van der Waals surface area contributed by atoms with E-state index in [9.17, 15) is 28.8 Å². The Morgan fingerprint density at radius 3 is 0.860 bits per heavy atom. The summed E-state index contributed by atoms with van der Waals surface area (Å²) in [6, 6.07) is 48.1. The Bertz CT molecular complexity index is 2290. The summed E-state index contributed by atoms with van der Waals surface area (Å²) in [5.74, 6) is -4.54. The second-order valence-electron chi connectivity index (χ2n) is 13.9. The van der Waals surface area contributed by atoms with Crippen molar-refractivity contribution in [3.05, 3.63) is 192 Å². The first kappa shape index (κ1) is 36.5. The molecule has 280 valence electrons. The molecule has 2 saturated heterocycles. The number of anilines is 4. The molecule has 0 aromatic heterocycles. The molecule has 0 radical (unpaired) electrons. The monoisotopic (exact) mass is 752 g/mol. The molecule has 2 heterocycles. The highest BCUT2D eigenvalue weighted by Crippen LogP contribution is 2.33. The summed E-state index contributed by atoms with van der Waals surface area (Å²) < 4.78 is 0. The van der Waals surface area contributed by atoms with Crippen LogP contribution in [0.3, 0.4) is 0 Å². The fraction of sp³-hybridized carbons (Fsp3) is 0.106. The van der Waals surface area contributed by atoms with Gasteiger partial charge in [0.2, 0.25) is 23.6 Å². The zero-order chi connectivity index (χ0) is 39.5. The van der Waals surface area contributed by atoms with Gasteiger partial charge in [-0.2, -0.15) is 0 Å². The molecule has 2 fully saturated rings. The summed E-state index contributed by atoms with van der Waals surface area (Å²) in [5.41, 5.74) is 4.76. The van der Waals surface area contributed by atoms with Gasteiger partial charge in [0.25, 0.3) is 0 Å². The van der Waals surface area contributed by atoms with Crippen LogP contribution in [0.15, 0.2) is 170 Å². The van der Waals surface area contributed by atoms with Gasteiger partial charge in [-0.15, -0.1) is 0 Å². The molecule has 2 unspecified atom stereocenters. The van der Waals surface area contributed by atoms with Gasteiger partial charge < -0.3 is 0 Å². The van der Waals surface area contributed by atoms with Crippen LogP contribution in [0, 0.1) is 11.8 Å². The molecule has 8 amide bonds. The largest absolute Gasteiger partial charge is 0.342 e. The minimum absolute atomic E-state index is 0.141. The number of amides is 8. The van der Waals surface area contributed by atoms with Crippen LogP contribution in [-0.2, 0) is 38.4 Å². The Hall–Kier alpha value is -7.46. The van der Waals surface area contributed by atoms with E-state index in [1.165, 1.54) is 0 Å². The number of barbiturate groups is 2. The van der Waals surface area contributed by atoms with Crippen molar-refractivity contribution in [1.82, 2.24) is 0 Å². The van der Waals surface area contributed by atoms with Crippen molar-refractivity contribution in [3.63, 3.8) is 0 Å². The fourth-order valence-corrected chi connectivity index (χ4v) is 7.33. The molecule has 57 heavy (non-hydrogen) atoms. The fourth-order valence-electron chi connectivity index (χ4n) is 7.33. The minimum atomic E-state index is -1.10. The zero-order valence-corrected chi connectivity index (χ0v) is 30.7. The molecule has 0 bridgehead atoms. The van der Waals surface area contributed by atoms with Gasteiger partial charge in [-0.05, 0) is 90.0 Å². The molecule has 2 atom stereocenters. The lowest BCUT2D eigenvalue weighted by atomic mass is 9.93. The summed E-state index contributed by atoms with van der Waals surface area (Å²) in [5, 5.41) is 0. The third-order valence-electron chi connectivity index (χ3n) is 10.2. The number of hydrogen-bond acceptors (Lipinski definition) is 6. The highest BCUT2D eigenvalue weighted by molar-refractivity contribution is 6.37. The molecule has 6 aromatic rings. The maximum Gasteiger partial charge on any atom is 0.342 e. The van der Waals surface area contributed by atoms with Gasteiger partial charge >= 0.3 is 12.1 Å². The average Bonchev–Trinajstić information content (AvgIpc) is 3.24. The van der Waals surface area contributed by atoms with Crippen LogP contribution in [0.4, 0.5) is 32.3 Å². The molecule has 10 heteroatoms. The van der Waals surface area contributed by atoms with Gasteiger partial charge in [0.05, 0.1) is 22.7 Å². The second-order valence-corrected chi connectivity index (χ2v) is 13.9. The molecule has 8 rings (SSSR count). The standard InChI is InChI=1S/C47H36N4O6/c52-42-40(30-32-13-5-1-6-14-32)44(54)50(46(56)48(42)36-17-9-3-10-18-36)38-25-21-34(22-26-38)29-35-23-27-39(28-24-35)51-45(55)41(31-33-15-7-2-8-16-33)43(53)49(47(51)57)37-19-11-4-12-20-37/h1-28,40-41H,29-31H2. The zero-order valence-electron chi connectivity index (χ0n) is 30.7. The molecular formula is C47H36N4O6. The van der Waals surface area contributed by atoms with Crippen LogP contribution in [0.5, 0.6) is 0 Å². The number of hydrogen-bond donors (Lipinski definition) is 0. The number of nitrogens with zero attached hydrogens (tertiary/aromatic N) is 4. The van der Waals surface area contributed by atoms with Gasteiger partial charge in [-0.3, -0.25) is 19.2 Å². The highest BCUT2D eigenvalue weighted by Gasteiger charge is 2.48. The molecule has 0 spiro atoms. The van der Waals surface area contributed by atoms with Crippen molar-refractivity contribution < 1.29 is 28.8 Å². The maximum absolute atomic E-state index is 13.9. The van der Waals surface area contributed by atoms with Gasteiger partial charge in [0.15, 0.2) is 0 Å². The van der Waals surface area contributed by atoms with E-state index in [1.807, 2.05) is 84.9 Å². The average molecular weight is 753 g/mol. The van der Waals surface area contributed by atoms with Crippen LogP contribution in [0.25, 0.3) is 0 Å². The maximum atomic E-state index is 13.9. The summed E-state index contributed by atoms with van der Waals surface area (Å²) in [6.45, 7) is 0. The molecule has 2 aliphatic heterocycles. The molecule has 2 aliphatic rings. The van der Waals surface area contributed by atoms with Crippen molar-refractivity contribution in [2.45, 2.75) is 19.3 Å². The summed E-state index contributed by atoms with van der Waals surface area (Å²) >= 11 is 0. The van der Waals surface area contributed by atoms with Crippen LogP contribution >= 0.6 is 0 Å². The molecular weight excluding hydrogens is 717 g/mol. The second kappa shape index (κ2) is 15.7. The number of carbonyl (C=O) groups is 6. The quantitative estimate of drug-likeness (QED) is 0.131. The Balaban J connectivity index is 1.03. The summed E-state index contributed by atoms with van der Waals surface area (Å²) in [6.07, 6.45) is 0.742. The van der Waals surface area contributed by atoms with E-state index in [-0.39, 0.29) is 12.8 Å². The van der Waals surface area contributed by atoms with Crippen molar-refractivity contribution >= 4 is 58.4 Å². The molecule has 6 aromatic carbocycles. The van der Waals surface area contributed by atoms with E-state index in [0.717, 1.165) is 41.9 Å². The molecule has 10 nitrogen and oxygen atoms in total. The number of para-hydroxylation sites is 2. The van der Waals surface area contributed by atoms with Crippen molar-refractivity contribution in [2.24, 2.45) is 11.8 Å². The van der Waals surface area contributed by atoms with E-state index in [2.05, 4.69) is 0 Å². The first-order valence-corrected chi connectivity index (χ1v) is 18.6. The van der Waals surface area contributed by atoms with E-state index in [4.69, 9.17) is 0 Å². The lowest BCUT2D eigenvalue weighted by Gasteiger charge is -2.37. The smallest absolute Gasteiger partial charge is 0.273 e. The Labute approximate surface area is 329 Å². The Morgan fingerprint density at radius 1 is 0.298 bits per heavy atom. The van der Waals surface area contributed by atoms with Crippen molar-refractivity contribution in [1.29, 1.82) is 0 Å². The van der Waals surface area contributed by atoms with E-state index in [1.54, 1.807) is 84.9 Å². The Morgan fingerprint density at radius 2 is 0.561 bits per heavy atom. The highest BCUT2D eigenvalue weighted by atomic mass is 16.2. The van der Waals surface area contributed by atoms with Gasteiger partial charge in [0, 0.05) is 0 Å². The molecule has 0 saturated carbocycles. The van der Waals surface area contributed by atoms with Crippen molar-refractivity contribution in [3.8, 4) is 0 Å². The molecule has 0 N–H and O–H groups in total. The van der Waals surface area contributed by atoms with E-state index < -0.39 is 47.5 Å². The first-order valence-electron chi connectivity index (χ1n) is 18.6. The number of carbonyl (C=O) groups excluding carboxylic acids is 6. The normalized spacial score (nSPS) is 17.4. The van der Waals surface area contributed by atoms with Crippen LogP contribution in [0.2, 0.25) is 0 Å². The number of rotatable bonds is 10.